The predicted molar refractivity (Wildman–Crippen MR) is 93.2 cm³/mol. The summed E-state index contributed by atoms with van der Waals surface area (Å²) in [6.45, 7) is 8.22. The minimum Gasteiger partial charge on any atom is -0.465 e. The highest BCUT2D eigenvalue weighted by atomic mass is 16.6. The van der Waals surface area contributed by atoms with Crippen molar-refractivity contribution < 1.29 is 19.1 Å². The Morgan fingerprint density at radius 2 is 2.00 bits per heavy atom. The summed E-state index contributed by atoms with van der Waals surface area (Å²) in [5, 5.41) is 0. The summed E-state index contributed by atoms with van der Waals surface area (Å²) in [6.07, 6.45) is 2.21. The van der Waals surface area contributed by atoms with E-state index in [1.807, 2.05) is 19.9 Å². The first-order valence-corrected chi connectivity index (χ1v) is 8.67. The lowest BCUT2D eigenvalue weighted by Crippen LogP contribution is -2.36. The van der Waals surface area contributed by atoms with E-state index in [9.17, 15) is 9.59 Å². The van der Waals surface area contributed by atoms with Crippen molar-refractivity contribution >= 4 is 12.1 Å². The number of hydrogen-bond donors (Lipinski definition) is 0. The van der Waals surface area contributed by atoms with Crippen molar-refractivity contribution in [2.75, 3.05) is 39.9 Å². The van der Waals surface area contributed by atoms with E-state index in [1.165, 1.54) is 13.3 Å². The van der Waals surface area contributed by atoms with Crippen LogP contribution in [0.5, 0.6) is 0 Å². The van der Waals surface area contributed by atoms with Gasteiger partial charge in [0.2, 0.25) is 0 Å². The average molecular weight is 349 g/mol. The molecule has 2 rings (SSSR count). The topological polar surface area (TPSA) is 72.0 Å². The lowest BCUT2D eigenvalue weighted by molar-refractivity contribution is 0.0600. The fourth-order valence-corrected chi connectivity index (χ4v) is 2.63. The van der Waals surface area contributed by atoms with Crippen LogP contribution in [0.4, 0.5) is 4.79 Å². The van der Waals surface area contributed by atoms with E-state index in [0.717, 1.165) is 25.2 Å². The Kier molecular flexibility index (Phi) is 7.18. The molecule has 1 aliphatic heterocycles. The molecule has 1 aromatic rings. The zero-order valence-electron chi connectivity index (χ0n) is 15.2. The molecule has 0 aliphatic carbocycles. The quantitative estimate of drug-likeness (QED) is 0.759. The number of nitrogens with zero attached hydrogens (tertiary/aromatic N) is 3. The van der Waals surface area contributed by atoms with Crippen molar-refractivity contribution in [3.8, 4) is 0 Å². The molecule has 138 valence electrons. The van der Waals surface area contributed by atoms with Gasteiger partial charge in [0.15, 0.2) is 0 Å². The Hall–Kier alpha value is -2.15. The summed E-state index contributed by atoms with van der Waals surface area (Å²) in [7, 11) is 1.35. The molecule has 1 aromatic heterocycles. The molecule has 1 amide bonds. The van der Waals surface area contributed by atoms with Gasteiger partial charge in [-0.25, -0.2) is 9.59 Å². The maximum atomic E-state index is 12.1. The number of pyridine rings is 1. The lowest BCUT2D eigenvalue weighted by Gasteiger charge is -2.21. The molecular formula is C18H27N3O4. The van der Waals surface area contributed by atoms with Crippen LogP contribution < -0.4 is 0 Å². The second kappa shape index (κ2) is 9.36. The largest absolute Gasteiger partial charge is 0.465 e. The molecule has 2 heterocycles. The van der Waals surface area contributed by atoms with Gasteiger partial charge in [-0.1, -0.05) is 13.8 Å². The predicted octanol–water partition coefficient (Wildman–Crippen LogP) is 2.17. The molecule has 0 unspecified atom stereocenters. The maximum absolute atomic E-state index is 12.1. The van der Waals surface area contributed by atoms with Gasteiger partial charge in [0.05, 0.1) is 25.0 Å². The fourth-order valence-electron chi connectivity index (χ4n) is 2.63. The number of carbonyl (C=O) groups is 2. The number of methoxy groups -OCH3 is 1. The van der Waals surface area contributed by atoms with E-state index in [1.54, 1.807) is 11.0 Å². The van der Waals surface area contributed by atoms with E-state index >= 15 is 0 Å². The van der Waals surface area contributed by atoms with Crippen molar-refractivity contribution in [3.05, 3.63) is 29.6 Å². The highest BCUT2D eigenvalue weighted by Crippen LogP contribution is 2.10. The first-order valence-electron chi connectivity index (χ1n) is 8.67. The normalized spacial score (nSPS) is 15.8. The summed E-state index contributed by atoms with van der Waals surface area (Å²) in [5.74, 6) is -0.0455. The van der Waals surface area contributed by atoms with Crippen LogP contribution in [-0.4, -0.2) is 66.7 Å². The molecule has 0 bridgehead atoms. The Bertz CT molecular complexity index is 574. The van der Waals surface area contributed by atoms with Crippen LogP contribution in [0, 0.1) is 5.92 Å². The molecule has 0 atom stereocenters. The van der Waals surface area contributed by atoms with Gasteiger partial charge in [-0.05, 0) is 24.5 Å². The summed E-state index contributed by atoms with van der Waals surface area (Å²) < 4.78 is 9.98. The fraction of sp³-hybridized carbons (Fsp3) is 0.611. The van der Waals surface area contributed by atoms with Crippen molar-refractivity contribution in [2.24, 2.45) is 5.92 Å². The summed E-state index contributed by atoms with van der Waals surface area (Å²) in [4.78, 5) is 31.9. The molecule has 0 saturated carbocycles. The second-order valence-corrected chi connectivity index (χ2v) is 6.62. The molecule has 7 nitrogen and oxygen atoms in total. The summed E-state index contributed by atoms with van der Waals surface area (Å²) in [6, 6.07) is 3.56. The van der Waals surface area contributed by atoms with E-state index in [-0.39, 0.29) is 12.1 Å². The van der Waals surface area contributed by atoms with Gasteiger partial charge in [0.25, 0.3) is 0 Å². The van der Waals surface area contributed by atoms with Gasteiger partial charge in [-0.15, -0.1) is 0 Å². The summed E-state index contributed by atoms with van der Waals surface area (Å²) >= 11 is 0. The Labute approximate surface area is 148 Å². The number of rotatable bonds is 5. The molecule has 0 aromatic carbocycles. The molecule has 1 aliphatic rings. The number of esters is 1. The van der Waals surface area contributed by atoms with Crippen LogP contribution in [-0.2, 0) is 16.0 Å². The molecule has 0 spiro atoms. The van der Waals surface area contributed by atoms with Crippen LogP contribution in [0.2, 0.25) is 0 Å². The highest BCUT2D eigenvalue weighted by Gasteiger charge is 2.20. The maximum Gasteiger partial charge on any atom is 0.409 e. The third kappa shape index (κ3) is 6.01. The van der Waals surface area contributed by atoms with Crippen LogP contribution in [0.3, 0.4) is 0 Å². The number of carbonyl (C=O) groups excluding carboxylic acids is 2. The van der Waals surface area contributed by atoms with Crippen molar-refractivity contribution in [1.29, 1.82) is 0 Å². The van der Waals surface area contributed by atoms with E-state index < -0.39 is 0 Å². The molecule has 0 radical (unpaired) electrons. The van der Waals surface area contributed by atoms with Crippen molar-refractivity contribution in [1.82, 2.24) is 14.8 Å². The minimum absolute atomic E-state index is 0.226. The molecule has 7 heteroatoms. The average Bonchev–Trinajstić information content (AvgIpc) is 2.85. The summed E-state index contributed by atoms with van der Waals surface area (Å²) in [5.41, 5.74) is 1.34. The van der Waals surface area contributed by atoms with Crippen molar-refractivity contribution in [3.63, 3.8) is 0 Å². The Morgan fingerprint density at radius 3 is 2.64 bits per heavy atom. The lowest BCUT2D eigenvalue weighted by atomic mass is 10.2. The van der Waals surface area contributed by atoms with Gasteiger partial charge in [-0.3, -0.25) is 9.88 Å². The van der Waals surface area contributed by atoms with Gasteiger partial charge < -0.3 is 14.4 Å². The monoisotopic (exact) mass is 349 g/mol. The Morgan fingerprint density at radius 1 is 1.20 bits per heavy atom. The Balaban J connectivity index is 1.84. The third-order valence-electron chi connectivity index (χ3n) is 4.02. The molecule has 25 heavy (non-hydrogen) atoms. The van der Waals surface area contributed by atoms with Gasteiger partial charge in [0, 0.05) is 38.9 Å². The number of hydrogen-bond acceptors (Lipinski definition) is 6. The van der Waals surface area contributed by atoms with Gasteiger partial charge in [-0.2, -0.15) is 0 Å². The molecule has 1 fully saturated rings. The highest BCUT2D eigenvalue weighted by molar-refractivity contribution is 5.88. The first-order chi connectivity index (χ1) is 12.0. The number of ether oxygens (including phenoxy) is 2. The molecule has 0 N–H and O–H groups in total. The molecule has 1 saturated heterocycles. The third-order valence-corrected chi connectivity index (χ3v) is 4.02. The number of aromatic nitrogens is 1. The second-order valence-electron chi connectivity index (χ2n) is 6.62. The zero-order chi connectivity index (χ0) is 18.2. The van der Waals surface area contributed by atoms with Gasteiger partial charge in [0.1, 0.15) is 0 Å². The van der Waals surface area contributed by atoms with Crippen LogP contribution >= 0.6 is 0 Å². The van der Waals surface area contributed by atoms with Gasteiger partial charge >= 0.3 is 12.1 Å². The number of amides is 1. The van der Waals surface area contributed by atoms with Crippen LogP contribution in [0.15, 0.2) is 18.3 Å². The van der Waals surface area contributed by atoms with Crippen LogP contribution in [0.1, 0.15) is 36.3 Å². The van der Waals surface area contributed by atoms with Crippen molar-refractivity contribution in [2.45, 2.75) is 26.8 Å². The van der Waals surface area contributed by atoms with E-state index in [2.05, 4.69) is 14.6 Å². The zero-order valence-corrected chi connectivity index (χ0v) is 15.2. The minimum atomic E-state index is -0.385. The van der Waals surface area contributed by atoms with E-state index in [4.69, 9.17) is 4.74 Å². The molecular weight excluding hydrogens is 322 g/mol. The van der Waals surface area contributed by atoms with E-state index in [0.29, 0.717) is 37.7 Å². The first kappa shape index (κ1) is 19.2. The smallest absolute Gasteiger partial charge is 0.409 e. The SMILES string of the molecule is COC(=O)c1ccc(CN2CCCN(C(=O)OCC(C)C)CC2)nc1. The van der Waals surface area contributed by atoms with Crippen LogP contribution in [0.25, 0.3) is 0 Å². The standard InChI is InChI=1S/C18H27N3O4/c1-14(2)13-25-18(23)21-8-4-7-20(9-10-21)12-16-6-5-15(11-19-16)17(22)24-3/h5-6,11,14H,4,7-10,12-13H2,1-3H3.